The number of alkyl halides is 4. The van der Waals surface area contributed by atoms with Crippen molar-refractivity contribution in [2.24, 2.45) is 11.8 Å². The average molecular weight is 643 g/mol. The predicted octanol–water partition coefficient (Wildman–Crippen LogP) is 13.6. The number of hydrogen-bond donors (Lipinski definition) is 0. The van der Waals surface area contributed by atoms with Gasteiger partial charge in [-0.15, -0.1) is 0 Å². The highest BCUT2D eigenvalue weighted by molar-refractivity contribution is 6.11. The zero-order chi connectivity index (χ0) is 33.3. The number of carbonyl (C=O) groups is 1. The normalized spacial score (nSPS) is 22.6. The molecule has 0 radical (unpaired) electrons. The molecular formula is C41H58F4O. The van der Waals surface area contributed by atoms with Crippen LogP contribution in [0.3, 0.4) is 0 Å². The lowest BCUT2D eigenvalue weighted by Crippen LogP contribution is -2.21. The van der Waals surface area contributed by atoms with E-state index in [9.17, 15) is 4.79 Å². The zero-order valence-corrected chi connectivity index (χ0v) is 28.9. The zero-order valence-electron chi connectivity index (χ0n) is 28.9. The van der Waals surface area contributed by atoms with Crippen molar-refractivity contribution < 1.29 is 22.4 Å². The highest BCUT2D eigenvalue weighted by atomic mass is 19.3. The SMILES string of the molecule is CCCCCCC1CCC(c2ccc(C(=O)c3ccc(C4CCC(CCCCCC)CC4)cc3C(C)(F)F)c(C(C)(F)F)c2)CC1. The van der Waals surface area contributed by atoms with Crippen LogP contribution in [0.1, 0.15) is 193 Å². The van der Waals surface area contributed by atoms with Crippen LogP contribution in [-0.4, -0.2) is 5.78 Å². The number of ketones is 1. The van der Waals surface area contributed by atoms with Crippen molar-refractivity contribution in [3.8, 4) is 0 Å². The van der Waals surface area contributed by atoms with E-state index in [1.807, 2.05) is 0 Å². The summed E-state index contributed by atoms with van der Waals surface area (Å²) in [5, 5.41) is 0. The van der Waals surface area contributed by atoms with Crippen LogP contribution in [0, 0.1) is 11.8 Å². The van der Waals surface area contributed by atoms with Crippen LogP contribution >= 0.6 is 0 Å². The molecule has 0 atom stereocenters. The van der Waals surface area contributed by atoms with E-state index in [1.54, 1.807) is 12.1 Å². The lowest BCUT2D eigenvalue weighted by atomic mass is 9.75. The molecule has 256 valence electrons. The molecule has 0 amide bonds. The topological polar surface area (TPSA) is 17.1 Å². The second kappa shape index (κ2) is 16.8. The smallest absolute Gasteiger partial charge is 0.271 e. The first-order chi connectivity index (χ1) is 21.9. The van der Waals surface area contributed by atoms with Crippen LogP contribution in [0.25, 0.3) is 0 Å². The molecule has 0 saturated heterocycles. The van der Waals surface area contributed by atoms with Crippen LogP contribution in [0.5, 0.6) is 0 Å². The van der Waals surface area contributed by atoms with Crippen molar-refractivity contribution >= 4 is 5.78 Å². The highest BCUT2D eigenvalue weighted by Gasteiger charge is 2.36. The second-order valence-corrected chi connectivity index (χ2v) is 14.8. The van der Waals surface area contributed by atoms with E-state index in [0.717, 1.165) is 76.3 Å². The lowest BCUT2D eigenvalue weighted by molar-refractivity contribution is 0.0158. The molecule has 0 heterocycles. The predicted molar refractivity (Wildman–Crippen MR) is 182 cm³/mol. The van der Waals surface area contributed by atoms with Crippen molar-refractivity contribution in [3.05, 3.63) is 69.8 Å². The Labute approximate surface area is 276 Å². The van der Waals surface area contributed by atoms with Crippen molar-refractivity contribution in [1.29, 1.82) is 0 Å². The van der Waals surface area contributed by atoms with Crippen molar-refractivity contribution in [2.75, 3.05) is 0 Å². The molecule has 2 aliphatic carbocycles. The summed E-state index contributed by atoms with van der Waals surface area (Å²) in [5.41, 5.74) is 0.585. The van der Waals surface area contributed by atoms with E-state index in [0.29, 0.717) is 11.8 Å². The van der Waals surface area contributed by atoms with Gasteiger partial charge in [0.25, 0.3) is 11.8 Å². The molecule has 1 nitrogen and oxygen atoms in total. The van der Waals surface area contributed by atoms with E-state index in [-0.39, 0.29) is 34.1 Å². The quantitative estimate of drug-likeness (QED) is 0.101. The van der Waals surface area contributed by atoms with Gasteiger partial charge in [-0.2, -0.15) is 0 Å². The standard InChI is InChI=1S/C41H58F4O/c1-5-7-9-11-13-29-15-19-31(20-16-29)33-23-25-35(37(27-33)40(3,42)43)39(46)36-26-24-34(28-38(36)41(4,44)45)32-21-17-30(18-22-32)14-12-10-8-6-2/h23-32H,5-22H2,1-4H3. The van der Waals surface area contributed by atoms with Crippen molar-refractivity contribution in [1.82, 2.24) is 0 Å². The third kappa shape index (κ3) is 9.92. The van der Waals surface area contributed by atoms with E-state index in [4.69, 9.17) is 0 Å². The number of halogens is 4. The Kier molecular flexibility index (Phi) is 13.4. The summed E-state index contributed by atoms with van der Waals surface area (Å²) in [5.74, 6) is -5.55. The monoisotopic (exact) mass is 642 g/mol. The summed E-state index contributed by atoms with van der Waals surface area (Å²) < 4.78 is 60.4. The summed E-state index contributed by atoms with van der Waals surface area (Å²) >= 11 is 0. The van der Waals surface area contributed by atoms with Gasteiger partial charge in [-0.25, -0.2) is 17.6 Å². The Bertz CT molecular complexity index is 1140. The molecular weight excluding hydrogens is 584 g/mol. The molecule has 2 aliphatic rings. The Morgan fingerprint density at radius 2 is 0.957 bits per heavy atom. The summed E-state index contributed by atoms with van der Waals surface area (Å²) in [6, 6.07) is 9.47. The van der Waals surface area contributed by atoms with Crippen LogP contribution < -0.4 is 0 Å². The summed E-state index contributed by atoms with van der Waals surface area (Å²) in [6.45, 7) is 6.03. The molecule has 2 aromatic rings. The third-order valence-corrected chi connectivity index (χ3v) is 11.1. The van der Waals surface area contributed by atoms with Gasteiger partial charge in [0, 0.05) is 36.1 Å². The van der Waals surface area contributed by atoms with Crippen LogP contribution in [0.4, 0.5) is 17.6 Å². The van der Waals surface area contributed by atoms with Crippen LogP contribution in [0.15, 0.2) is 36.4 Å². The van der Waals surface area contributed by atoms with Crippen molar-refractivity contribution in [3.63, 3.8) is 0 Å². The largest absolute Gasteiger partial charge is 0.289 e. The fourth-order valence-corrected chi connectivity index (χ4v) is 8.19. The Balaban J connectivity index is 1.50. The number of rotatable bonds is 16. The first kappa shape index (κ1) is 36.7. The maximum absolute atomic E-state index is 15.1. The minimum Gasteiger partial charge on any atom is -0.289 e. The van der Waals surface area contributed by atoms with E-state index >= 15 is 17.6 Å². The summed E-state index contributed by atoms with van der Waals surface area (Å²) in [6.07, 6.45) is 20.7. The Hall–Kier alpha value is -2.17. The van der Waals surface area contributed by atoms with E-state index in [1.165, 1.54) is 88.5 Å². The molecule has 0 aliphatic heterocycles. The second-order valence-electron chi connectivity index (χ2n) is 14.8. The molecule has 0 spiro atoms. The van der Waals surface area contributed by atoms with Gasteiger partial charge in [0.2, 0.25) is 0 Å². The molecule has 4 rings (SSSR count). The molecule has 46 heavy (non-hydrogen) atoms. The average Bonchev–Trinajstić information content (AvgIpc) is 3.04. The molecule has 5 heteroatoms. The number of carbonyl (C=O) groups excluding carboxylic acids is 1. The van der Waals surface area contributed by atoms with Gasteiger partial charge in [-0.3, -0.25) is 4.79 Å². The molecule has 0 N–H and O–H groups in total. The third-order valence-electron chi connectivity index (χ3n) is 11.1. The van der Waals surface area contributed by atoms with Gasteiger partial charge in [0.1, 0.15) is 0 Å². The van der Waals surface area contributed by atoms with Gasteiger partial charge in [-0.05, 0) is 98.3 Å². The van der Waals surface area contributed by atoms with Gasteiger partial charge in [0.05, 0.1) is 0 Å². The number of benzene rings is 2. The minimum atomic E-state index is -3.28. The molecule has 0 unspecified atom stereocenters. The van der Waals surface area contributed by atoms with Gasteiger partial charge in [-0.1, -0.05) is 102 Å². The summed E-state index contributed by atoms with van der Waals surface area (Å²) in [7, 11) is 0. The fourth-order valence-electron chi connectivity index (χ4n) is 8.19. The molecule has 0 aromatic heterocycles. The highest BCUT2D eigenvalue weighted by Crippen LogP contribution is 2.43. The summed E-state index contributed by atoms with van der Waals surface area (Å²) in [4.78, 5) is 13.9. The Morgan fingerprint density at radius 3 is 1.28 bits per heavy atom. The lowest BCUT2D eigenvalue weighted by Gasteiger charge is -2.30. The van der Waals surface area contributed by atoms with Crippen LogP contribution in [-0.2, 0) is 11.8 Å². The first-order valence-electron chi connectivity index (χ1n) is 18.5. The minimum absolute atomic E-state index is 0.178. The van der Waals surface area contributed by atoms with E-state index in [2.05, 4.69) is 13.8 Å². The van der Waals surface area contributed by atoms with E-state index < -0.39 is 17.6 Å². The first-order valence-corrected chi connectivity index (χ1v) is 18.5. The van der Waals surface area contributed by atoms with Gasteiger partial charge in [0.15, 0.2) is 5.78 Å². The maximum atomic E-state index is 15.1. The number of unbranched alkanes of at least 4 members (excludes halogenated alkanes) is 6. The Morgan fingerprint density at radius 1 is 0.587 bits per heavy atom. The molecule has 2 aromatic carbocycles. The fraction of sp³-hybridized carbons (Fsp3) is 0.683. The molecule has 0 bridgehead atoms. The van der Waals surface area contributed by atoms with Crippen LogP contribution in [0.2, 0.25) is 0 Å². The molecule has 2 fully saturated rings. The van der Waals surface area contributed by atoms with Gasteiger partial charge >= 0.3 is 0 Å². The number of hydrogen-bond acceptors (Lipinski definition) is 1. The van der Waals surface area contributed by atoms with Gasteiger partial charge < -0.3 is 0 Å². The maximum Gasteiger partial charge on any atom is 0.271 e. The van der Waals surface area contributed by atoms with Crippen molar-refractivity contribution in [2.45, 2.75) is 167 Å². The molecule has 2 saturated carbocycles.